The lowest BCUT2D eigenvalue weighted by atomic mass is 9.89. The SMILES string of the molecule is Cc1cccc(-c2c3c(cc4ccc5c(c24)OCO5)C(=O)NC3=O)c1. The van der Waals surface area contributed by atoms with Crippen LogP contribution in [0.15, 0.2) is 42.5 Å². The van der Waals surface area contributed by atoms with Gasteiger partial charge in [-0.2, -0.15) is 0 Å². The van der Waals surface area contributed by atoms with Crippen molar-refractivity contribution in [2.45, 2.75) is 6.92 Å². The molecule has 1 N–H and O–H groups in total. The number of fused-ring (bicyclic) bond motifs is 4. The molecule has 5 heteroatoms. The van der Waals surface area contributed by atoms with E-state index >= 15 is 0 Å². The highest BCUT2D eigenvalue weighted by Crippen LogP contribution is 2.46. The third-order valence-electron chi connectivity index (χ3n) is 4.65. The van der Waals surface area contributed by atoms with E-state index in [0.29, 0.717) is 28.2 Å². The highest BCUT2D eigenvalue weighted by molar-refractivity contribution is 6.28. The van der Waals surface area contributed by atoms with Crippen molar-refractivity contribution < 1.29 is 19.1 Å². The molecule has 0 unspecified atom stereocenters. The smallest absolute Gasteiger partial charge is 0.259 e. The lowest BCUT2D eigenvalue weighted by Crippen LogP contribution is -2.20. The van der Waals surface area contributed by atoms with E-state index < -0.39 is 0 Å². The van der Waals surface area contributed by atoms with E-state index in [1.54, 1.807) is 6.07 Å². The minimum absolute atomic E-state index is 0.143. The van der Waals surface area contributed by atoms with E-state index in [-0.39, 0.29) is 18.6 Å². The quantitative estimate of drug-likeness (QED) is 0.694. The maximum Gasteiger partial charge on any atom is 0.259 e. The Morgan fingerprint density at radius 1 is 0.960 bits per heavy atom. The first-order chi connectivity index (χ1) is 12.1. The summed E-state index contributed by atoms with van der Waals surface area (Å²) in [6.07, 6.45) is 0. The summed E-state index contributed by atoms with van der Waals surface area (Å²) in [5.74, 6) is 0.512. The summed E-state index contributed by atoms with van der Waals surface area (Å²) in [6.45, 7) is 2.13. The Morgan fingerprint density at radius 2 is 1.84 bits per heavy atom. The van der Waals surface area contributed by atoms with Gasteiger partial charge in [0.15, 0.2) is 11.5 Å². The fourth-order valence-corrected chi connectivity index (χ4v) is 3.59. The molecule has 0 radical (unpaired) electrons. The van der Waals surface area contributed by atoms with Crippen LogP contribution in [0.2, 0.25) is 0 Å². The Balaban J connectivity index is 1.99. The minimum atomic E-state index is -0.380. The number of benzene rings is 3. The summed E-state index contributed by atoms with van der Waals surface area (Å²) < 4.78 is 11.2. The average molecular weight is 331 g/mol. The molecule has 2 amide bonds. The van der Waals surface area contributed by atoms with Gasteiger partial charge in [-0.3, -0.25) is 14.9 Å². The number of rotatable bonds is 1. The van der Waals surface area contributed by atoms with Gasteiger partial charge in [-0.1, -0.05) is 35.9 Å². The molecule has 3 aromatic carbocycles. The first-order valence-electron chi connectivity index (χ1n) is 7.95. The Bertz CT molecular complexity index is 1100. The highest BCUT2D eigenvalue weighted by atomic mass is 16.7. The van der Waals surface area contributed by atoms with E-state index in [0.717, 1.165) is 21.9 Å². The maximum absolute atomic E-state index is 12.5. The molecule has 0 aromatic heterocycles. The van der Waals surface area contributed by atoms with Crippen molar-refractivity contribution >= 4 is 22.6 Å². The number of aryl methyl sites for hydroxylation is 1. The fourth-order valence-electron chi connectivity index (χ4n) is 3.59. The predicted molar refractivity (Wildman–Crippen MR) is 92.0 cm³/mol. The summed E-state index contributed by atoms with van der Waals surface area (Å²) in [5, 5.41) is 4.03. The van der Waals surface area contributed by atoms with Crippen LogP contribution in [0.4, 0.5) is 0 Å². The van der Waals surface area contributed by atoms with E-state index in [4.69, 9.17) is 9.47 Å². The Labute approximate surface area is 143 Å². The highest BCUT2D eigenvalue weighted by Gasteiger charge is 2.33. The standard InChI is InChI=1S/C20H13NO4/c1-10-3-2-4-11(7-10)15-16-12(5-6-14-18(16)25-9-24-14)8-13-17(15)20(23)21-19(13)22/h2-8H,9H2,1H3,(H,21,22,23). The molecule has 5 rings (SSSR count). The molecule has 5 nitrogen and oxygen atoms in total. The molecule has 3 aromatic rings. The number of hydrogen-bond donors (Lipinski definition) is 1. The van der Waals surface area contributed by atoms with E-state index in [1.165, 1.54) is 0 Å². The lowest BCUT2D eigenvalue weighted by molar-refractivity contribution is 0.0880. The molecule has 0 aliphatic carbocycles. The van der Waals surface area contributed by atoms with Crippen LogP contribution in [-0.2, 0) is 0 Å². The monoisotopic (exact) mass is 331 g/mol. The number of ether oxygens (including phenoxy) is 2. The zero-order valence-corrected chi connectivity index (χ0v) is 13.4. The molecule has 2 aliphatic heterocycles. The molecule has 0 fully saturated rings. The fraction of sp³-hybridized carbons (Fsp3) is 0.100. The van der Waals surface area contributed by atoms with Crippen LogP contribution in [0.3, 0.4) is 0 Å². The first kappa shape index (κ1) is 14.0. The second kappa shape index (κ2) is 4.83. The minimum Gasteiger partial charge on any atom is -0.454 e. The van der Waals surface area contributed by atoms with Gasteiger partial charge in [0.25, 0.3) is 11.8 Å². The van der Waals surface area contributed by atoms with E-state index in [1.807, 2.05) is 43.3 Å². The van der Waals surface area contributed by atoms with Crippen molar-refractivity contribution in [1.82, 2.24) is 5.32 Å². The zero-order valence-electron chi connectivity index (χ0n) is 13.4. The van der Waals surface area contributed by atoms with Gasteiger partial charge in [-0.25, -0.2) is 0 Å². The van der Waals surface area contributed by atoms with Gasteiger partial charge in [0.2, 0.25) is 6.79 Å². The summed E-state index contributed by atoms with van der Waals surface area (Å²) in [5.41, 5.74) is 3.44. The van der Waals surface area contributed by atoms with Crippen molar-refractivity contribution in [2.24, 2.45) is 0 Å². The van der Waals surface area contributed by atoms with Crippen molar-refractivity contribution in [3.8, 4) is 22.6 Å². The molecular formula is C20H13NO4. The second-order valence-corrected chi connectivity index (χ2v) is 6.22. The Morgan fingerprint density at radius 3 is 2.68 bits per heavy atom. The third kappa shape index (κ3) is 1.89. The van der Waals surface area contributed by atoms with Crippen LogP contribution >= 0.6 is 0 Å². The number of imide groups is 1. The van der Waals surface area contributed by atoms with Gasteiger partial charge in [0.05, 0.1) is 11.1 Å². The number of hydrogen-bond acceptors (Lipinski definition) is 4. The Kier molecular flexibility index (Phi) is 2.71. The molecule has 0 saturated carbocycles. The van der Waals surface area contributed by atoms with Crippen LogP contribution < -0.4 is 14.8 Å². The second-order valence-electron chi connectivity index (χ2n) is 6.22. The van der Waals surface area contributed by atoms with Gasteiger partial charge in [0.1, 0.15) is 0 Å². The normalized spacial score (nSPS) is 14.8. The van der Waals surface area contributed by atoms with E-state index in [2.05, 4.69) is 5.32 Å². The maximum atomic E-state index is 12.5. The summed E-state index contributed by atoms with van der Waals surface area (Å²) in [7, 11) is 0. The number of nitrogens with one attached hydrogen (secondary N) is 1. The van der Waals surface area contributed by atoms with Gasteiger partial charge in [0, 0.05) is 10.9 Å². The molecule has 0 bridgehead atoms. The van der Waals surface area contributed by atoms with Crippen molar-refractivity contribution in [3.63, 3.8) is 0 Å². The predicted octanol–water partition coefficient (Wildman–Crippen LogP) is 3.43. The van der Waals surface area contributed by atoms with Gasteiger partial charge >= 0.3 is 0 Å². The molecule has 0 spiro atoms. The number of carbonyl (C=O) groups excluding carboxylic acids is 2. The molecule has 122 valence electrons. The molecular weight excluding hydrogens is 318 g/mol. The van der Waals surface area contributed by atoms with Crippen LogP contribution in [-0.4, -0.2) is 18.6 Å². The van der Waals surface area contributed by atoms with Gasteiger partial charge in [-0.15, -0.1) is 0 Å². The lowest BCUT2D eigenvalue weighted by Gasteiger charge is -2.14. The van der Waals surface area contributed by atoms with Crippen molar-refractivity contribution in [2.75, 3.05) is 6.79 Å². The molecule has 0 atom stereocenters. The largest absolute Gasteiger partial charge is 0.454 e. The number of carbonyl (C=O) groups is 2. The third-order valence-corrected chi connectivity index (χ3v) is 4.65. The average Bonchev–Trinajstić information content (AvgIpc) is 3.18. The van der Waals surface area contributed by atoms with Gasteiger partial charge < -0.3 is 9.47 Å². The van der Waals surface area contributed by atoms with Crippen LogP contribution in [0.5, 0.6) is 11.5 Å². The van der Waals surface area contributed by atoms with Crippen LogP contribution in [0.25, 0.3) is 21.9 Å². The zero-order chi connectivity index (χ0) is 17.1. The molecule has 0 saturated heterocycles. The Hall–Kier alpha value is -3.34. The van der Waals surface area contributed by atoms with E-state index in [9.17, 15) is 9.59 Å². The summed E-state index contributed by atoms with van der Waals surface area (Å²) in [4.78, 5) is 24.7. The first-order valence-corrected chi connectivity index (χ1v) is 7.95. The van der Waals surface area contributed by atoms with Gasteiger partial charge in [-0.05, 0) is 30.0 Å². The molecule has 25 heavy (non-hydrogen) atoms. The van der Waals surface area contributed by atoms with Crippen LogP contribution in [0.1, 0.15) is 26.3 Å². The number of amides is 2. The summed E-state index contributed by atoms with van der Waals surface area (Å²) in [6, 6.07) is 13.3. The van der Waals surface area contributed by atoms with Crippen molar-refractivity contribution in [3.05, 3.63) is 59.2 Å². The van der Waals surface area contributed by atoms with Crippen LogP contribution in [0, 0.1) is 6.92 Å². The van der Waals surface area contributed by atoms with Crippen molar-refractivity contribution in [1.29, 1.82) is 0 Å². The molecule has 2 aliphatic rings. The molecule has 2 heterocycles. The topological polar surface area (TPSA) is 64.6 Å². The summed E-state index contributed by atoms with van der Waals surface area (Å²) >= 11 is 0.